The van der Waals surface area contributed by atoms with E-state index in [1.807, 2.05) is 74.5 Å². The number of aromatic amines is 2. The van der Waals surface area contributed by atoms with Crippen molar-refractivity contribution in [1.82, 2.24) is 45.3 Å². The van der Waals surface area contributed by atoms with Crippen molar-refractivity contribution in [3.8, 4) is 33.6 Å². The predicted molar refractivity (Wildman–Crippen MR) is 238 cm³/mol. The number of carbonyl (C=O) groups is 5. The molecule has 17 heteroatoms. The Labute approximate surface area is 373 Å². The summed E-state index contributed by atoms with van der Waals surface area (Å²) in [5, 5.41) is 5.47. The molecule has 4 atom stereocenters. The standard InChI is InChI=1S/C47H59N9O8/c1-28(2)38(52-44(59)62-6)42(57)55-23-11-14-36(55)40-48-24-34(50-40)31-19-15-29(16-20-31)30-17-21-32(22-18-30)35-25-49-41(51-35)37-26-54(46(61)64-47(3,4)5)27-56(37)43(58)39(53-45(60)63-7)33-12-9-8-10-13-33/h11,14-22,24-25,28,33,36-39H,8-10,12-13,23,26-27H2,1-7H3,(H,48,50)(H,49,51)(H,52,59)(H,53,60)/t36-,37-,38-,39-/m0/s1. The summed E-state index contributed by atoms with van der Waals surface area (Å²) in [4.78, 5) is 86.8. The number of nitrogens with one attached hydrogen (secondary N) is 4. The second-order valence-corrected chi connectivity index (χ2v) is 17.9. The van der Waals surface area contributed by atoms with Gasteiger partial charge in [-0.25, -0.2) is 24.4 Å². The van der Waals surface area contributed by atoms with E-state index in [0.29, 0.717) is 18.2 Å². The number of aromatic nitrogens is 4. The molecule has 1 saturated carbocycles. The molecule has 64 heavy (non-hydrogen) atoms. The Bertz CT molecular complexity index is 2330. The highest BCUT2D eigenvalue weighted by atomic mass is 16.6. The van der Waals surface area contributed by atoms with Crippen LogP contribution >= 0.6 is 0 Å². The fraction of sp³-hybridized carbons (Fsp3) is 0.468. The van der Waals surface area contributed by atoms with Gasteiger partial charge in [-0.1, -0.05) is 93.8 Å². The summed E-state index contributed by atoms with van der Waals surface area (Å²) < 4.78 is 15.4. The van der Waals surface area contributed by atoms with E-state index in [1.54, 1.807) is 43.0 Å². The van der Waals surface area contributed by atoms with Crippen LogP contribution in [0, 0.1) is 11.8 Å². The third-order valence-electron chi connectivity index (χ3n) is 12.0. The molecule has 340 valence electrons. The van der Waals surface area contributed by atoms with Gasteiger partial charge in [0.1, 0.15) is 41.4 Å². The molecule has 7 rings (SSSR count). The number of nitrogens with zero attached hydrogens (tertiary/aromatic N) is 5. The predicted octanol–water partition coefficient (Wildman–Crippen LogP) is 7.34. The minimum absolute atomic E-state index is 0.0243. The molecule has 0 radical (unpaired) electrons. The quantitative estimate of drug-likeness (QED) is 0.0872. The van der Waals surface area contributed by atoms with Crippen molar-refractivity contribution in [3.05, 3.63) is 84.7 Å². The van der Waals surface area contributed by atoms with Crippen LogP contribution in [0.5, 0.6) is 0 Å². The molecule has 2 fully saturated rings. The maximum Gasteiger partial charge on any atom is 0.411 e. The molecular weight excluding hydrogens is 819 g/mol. The first-order valence-electron chi connectivity index (χ1n) is 21.9. The van der Waals surface area contributed by atoms with Crippen molar-refractivity contribution < 1.29 is 38.2 Å². The minimum atomic E-state index is -0.818. The van der Waals surface area contributed by atoms with Crippen molar-refractivity contribution >= 4 is 30.1 Å². The molecule has 17 nitrogen and oxygen atoms in total. The summed E-state index contributed by atoms with van der Waals surface area (Å²) in [5.74, 6) is 0.393. The summed E-state index contributed by atoms with van der Waals surface area (Å²) in [6.45, 7) is 9.66. The van der Waals surface area contributed by atoms with E-state index in [1.165, 1.54) is 19.1 Å². The number of alkyl carbamates (subject to hydrolysis) is 2. The summed E-state index contributed by atoms with van der Waals surface area (Å²) in [6, 6.07) is 13.6. The molecular formula is C47H59N9O8. The Morgan fingerprint density at radius 3 is 1.84 bits per heavy atom. The highest BCUT2D eigenvalue weighted by Gasteiger charge is 2.44. The first-order chi connectivity index (χ1) is 30.6. The topological polar surface area (TPSA) is 204 Å². The molecule has 1 saturated heterocycles. The number of imidazole rings is 2. The van der Waals surface area contributed by atoms with Gasteiger partial charge in [0.25, 0.3) is 0 Å². The monoisotopic (exact) mass is 877 g/mol. The summed E-state index contributed by atoms with van der Waals surface area (Å²) >= 11 is 0. The largest absolute Gasteiger partial charge is 0.453 e. The zero-order chi connectivity index (χ0) is 45.7. The minimum Gasteiger partial charge on any atom is -0.453 e. The Morgan fingerprint density at radius 2 is 1.28 bits per heavy atom. The van der Waals surface area contributed by atoms with E-state index in [4.69, 9.17) is 19.2 Å². The molecule has 0 spiro atoms. The number of benzene rings is 2. The number of hydrogen-bond donors (Lipinski definition) is 4. The van der Waals surface area contributed by atoms with Gasteiger partial charge in [-0.3, -0.25) is 14.5 Å². The van der Waals surface area contributed by atoms with Crippen LogP contribution in [0.2, 0.25) is 0 Å². The molecule has 2 aromatic carbocycles. The Hall–Kier alpha value is -6.65. The molecule has 0 unspecified atom stereocenters. The van der Waals surface area contributed by atoms with E-state index in [9.17, 15) is 24.0 Å². The maximum atomic E-state index is 14.4. The van der Waals surface area contributed by atoms with Gasteiger partial charge in [0.2, 0.25) is 11.8 Å². The summed E-state index contributed by atoms with van der Waals surface area (Å²) in [7, 11) is 2.55. The van der Waals surface area contributed by atoms with Crippen molar-refractivity contribution in [2.45, 2.75) is 96.5 Å². The van der Waals surface area contributed by atoms with Crippen molar-refractivity contribution in [1.29, 1.82) is 0 Å². The zero-order valence-electron chi connectivity index (χ0n) is 37.6. The van der Waals surface area contributed by atoms with Gasteiger partial charge in [-0.05, 0) is 67.7 Å². The second kappa shape index (κ2) is 19.4. The summed E-state index contributed by atoms with van der Waals surface area (Å²) in [5.41, 5.74) is 4.61. The molecule has 0 bridgehead atoms. The first kappa shape index (κ1) is 45.4. The Balaban J connectivity index is 1.05. The van der Waals surface area contributed by atoms with Gasteiger partial charge >= 0.3 is 18.3 Å². The lowest BCUT2D eigenvalue weighted by atomic mass is 9.83. The molecule has 2 aliphatic heterocycles. The van der Waals surface area contributed by atoms with Crippen LogP contribution in [-0.2, 0) is 23.8 Å². The van der Waals surface area contributed by atoms with E-state index in [0.717, 1.165) is 65.7 Å². The van der Waals surface area contributed by atoms with Crippen LogP contribution in [0.3, 0.4) is 0 Å². The fourth-order valence-corrected chi connectivity index (χ4v) is 8.61. The van der Waals surface area contributed by atoms with Gasteiger partial charge in [0, 0.05) is 6.54 Å². The molecule has 3 aliphatic rings. The Morgan fingerprint density at radius 1 is 0.734 bits per heavy atom. The van der Waals surface area contributed by atoms with Crippen molar-refractivity contribution in [2.75, 3.05) is 34.0 Å². The van der Waals surface area contributed by atoms with Crippen LogP contribution in [0.15, 0.2) is 73.1 Å². The van der Waals surface area contributed by atoms with Crippen molar-refractivity contribution in [3.63, 3.8) is 0 Å². The molecule has 2 aromatic heterocycles. The van der Waals surface area contributed by atoms with E-state index >= 15 is 0 Å². The van der Waals surface area contributed by atoms with E-state index in [-0.39, 0.29) is 36.9 Å². The number of rotatable bonds is 11. The van der Waals surface area contributed by atoms with Crippen LogP contribution in [0.1, 0.15) is 90.5 Å². The van der Waals surface area contributed by atoms with Gasteiger partial charge in [-0.2, -0.15) is 0 Å². The lowest BCUT2D eigenvalue weighted by molar-refractivity contribution is -0.136. The third kappa shape index (κ3) is 10.2. The van der Waals surface area contributed by atoms with E-state index in [2.05, 4.69) is 25.6 Å². The van der Waals surface area contributed by atoms with Crippen LogP contribution < -0.4 is 10.6 Å². The van der Waals surface area contributed by atoms with Gasteiger partial charge in [-0.15, -0.1) is 0 Å². The van der Waals surface area contributed by atoms with Gasteiger partial charge in [0.05, 0.1) is 51.2 Å². The average molecular weight is 878 g/mol. The van der Waals surface area contributed by atoms with Gasteiger partial charge < -0.3 is 44.6 Å². The number of amides is 5. The first-order valence-corrected chi connectivity index (χ1v) is 21.9. The van der Waals surface area contributed by atoms with Gasteiger partial charge in [0.15, 0.2) is 0 Å². The number of carbonyl (C=O) groups excluding carboxylic acids is 5. The molecule has 1 aliphatic carbocycles. The zero-order valence-corrected chi connectivity index (χ0v) is 37.6. The third-order valence-corrected chi connectivity index (χ3v) is 12.0. The Kier molecular flexibility index (Phi) is 13.7. The molecule has 4 heterocycles. The average Bonchev–Trinajstić information content (AvgIpc) is 4.13. The summed E-state index contributed by atoms with van der Waals surface area (Å²) in [6.07, 6.45) is 10.0. The number of ether oxygens (including phenoxy) is 3. The second-order valence-electron chi connectivity index (χ2n) is 17.9. The van der Waals surface area contributed by atoms with E-state index < -0.39 is 48.0 Å². The van der Waals surface area contributed by atoms with Crippen molar-refractivity contribution in [2.24, 2.45) is 11.8 Å². The molecule has 4 aromatic rings. The molecule has 4 N–H and O–H groups in total. The number of hydrogen-bond acceptors (Lipinski definition) is 10. The lowest BCUT2D eigenvalue weighted by Gasteiger charge is -2.33. The highest BCUT2D eigenvalue weighted by Crippen LogP contribution is 2.35. The normalized spacial score (nSPS) is 18.8. The lowest BCUT2D eigenvalue weighted by Crippen LogP contribution is -2.53. The van der Waals surface area contributed by atoms with Crippen LogP contribution in [-0.4, -0.2) is 116 Å². The number of H-pyrrole nitrogens is 2. The van der Waals surface area contributed by atoms with Crippen LogP contribution in [0.4, 0.5) is 14.4 Å². The molecule has 5 amide bonds. The maximum absolute atomic E-state index is 14.4. The fourth-order valence-electron chi connectivity index (χ4n) is 8.61. The smallest absolute Gasteiger partial charge is 0.411 e. The number of methoxy groups -OCH3 is 2. The SMILES string of the molecule is COC(=O)N[C@H](C(=O)N1CC=C[C@H]1c1ncc(-c2ccc(-c3ccc(-c4cnc([C@@H]5CN(C(=O)OC(C)(C)C)CN5C(=O)[C@@H](NC(=O)OC)C5CCCCC5)[nH]4)cc3)cc2)[nH]1)C(C)C. The van der Waals surface area contributed by atoms with Crippen LogP contribution in [0.25, 0.3) is 33.6 Å². The highest BCUT2D eigenvalue weighted by molar-refractivity contribution is 5.88.